The molecule has 1 aliphatic heterocycles. The fourth-order valence-corrected chi connectivity index (χ4v) is 9.12. The maximum Gasteiger partial charge on any atom is 0.286 e. The fraction of sp³-hybridized carbons (Fsp3) is 0.462. The average Bonchev–Trinajstić information content (AvgIpc) is 3.48. The van der Waals surface area contributed by atoms with E-state index in [9.17, 15) is 13.8 Å². The highest BCUT2D eigenvalue weighted by atomic mass is 35.5. The van der Waals surface area contributed by atoms with Crippen molar-refractivity contribution in [3.63, 3.8) is 0 Å². The molecular weight excluding hydrogens is 702 g/mol. The molecular formula is C39H50ClN5O6S. The van der Waals surface area contributed by atoms with Crippen molar-refractivity contribution in [2.24, 2.45) is 29.2 Å². The summed E-state index contributed by atoms with van der Waals surface area (Å²) >= 11 is 6.46. The summed E-state index contributed by atoms with van der Waals surface area (Å²) in [5.41, 5.74) is 3.37. The molecule has 2 heterocycles. The number of carbonyl (C=O) groups excluding carboxylic acids is 2. The number of hydrogen-bond donors (Lipinski definition) is 1. The Morgan fingerprint density at radius 3 is 2.67 bits per heavy atom. The van der Waals surface area contributed by atoms with E-state index >= 15 is 0 Å². The van der Waals surface area contributed by atoms with Gasteiger partial charge >= 0.3 is 0 Å². The van der Waals surface area contributed by atoms with Crippen LogP contribution >= 0.6 is 11.6 Å². The van der Waals surface area contributed by atoms with Crippen LogP contribution in [0.5, 0.6) is 11.6 Å². The third kappa shape index (κ3) is 9.45. The molecule has 13 heteroatoms. The molecule has 2 amide bonds. The maximum absolute atomic E-state index is 14.4. The van der Waals surface area contributed by atoms with Crippen molar-refractivity contribution in [3.8, 4) is 11.6 Å². The standard InChI is InChI=1S/C39H50ClN5O6S/c1-7-11-26(3)25-52(48,43-38(47)33-24-44(4)41-39(33)50-6)42-37(46)28-15-18-36-34(21-28)45(23-30-14-17-32(30)35(8-2)49-5)22-29-13-16-31(40)20-27(29)12-9-10-19-51-36/h7-8,13,15-16,18,20-21,24,26,30,32,35H,1-2,9-12,14,17,19,22-23,25H2,3-6H3,(H,42,43,46,47,48)/t26-,30-,32+,35-,52-/m0/s1. The van der Waals surface area contributed by atoms with Crippen LogP contribution in [0.3, 0.4) is 0 Å². The summed E-state index contributed by atoms with van der Waals surface area (Å²) in [4.78, 5) is 29.7. The van der Waals surface area contributed by atoms with Crippen LogP contribution in [0.15, 0.2) is 72.3 Å². The molecule has 3 aromatic rings. The molecule has 52 heavy (non-hydrogen) atoms. The number of halogens is 1. The van der Waals surface area contributed by atoms with Gasteiger partial charge < -0.3 is 19.1 Å². The van der Waals surface area contributed by atoms with Gasteiger partial charge in [-0.3, -0.25) is 19.0 Å². The van der Waals surface area contributed by atoms with Gasteiger partial charge in [0.2, 0.25) is 5.88 Å². The number of nitrogens with zero attached hydrogens (tertiary/aromatic N) is 4. The molecule has 1 saturated carbocycles. The third-order valence-electron chi connectivity index (χ3n) is 9.83. The number of carbonyl (C=O) groups is 2. The minimum Gasteiger partial charge on any atom is -0.491 e. The Hall–Kier alpha value is -4.13. The highest BCUT2D eigenvalue weighted by Crippen LogP contribution is 2.42. The van der Waals surface area contributed by atoms with Crippen molar-refractivity contribution < 1.29 is 28.0 Å². The zero-order valence-corrected chi connectivity index (χ0v) is 32.1. The van der Waals surface area contributed by atoms with Gasteiger partial charge in [0.15, 0.2) is 0 Å². The largest absolute Gasteiger partial charge is 0.491 e. The van der Waals surface area contributed by atoms with E-state index in [4.69, 9.17) is 25.8 Å². The number of fused-ring (bicyclic) bond motifs is 2. The number of amides is 2. The number of hydrogen-bond acceptors (Lipinski definition) is 8. The van der Waals surface area contributed by atoms with Crippen LogP contribution in [0.4, 0.5) is 5.69 Å². The van der Waals surface area contributed by atoms with Crippen LogP contribution in [-0.2, 0) is 34.7 Å². The predicted molar refractivity (Wildman–Crippen MR) is 206 cm³/mol. The summed E-state index contributed by atoms with van der Waals surface area (Å²) in [5.74, 6) is -0.347. The van der Waals surface area contributed by atoms with Crippen molar-refractivity contribution >= 4 is 39.0 Å². The summed E-state index contributed by atoms with van der Waals surface area (Å²) < 4.78 is 40.0. The summed E-state index contributed by atoms with van der Waals surface area (Å²) in [6.07, 6.45) is 10.2. The Morgan fingerprint density at radius 1 is 1.17 bits per heavy atom. The zero-order valence-electron chi connectivity index (χ0n) is 30.5. The first-order chi connectivity index (χ1) is 25.0. The first kappa shape index (κ1) is 39.1. The molecule has 1 aromatic heterocycles. The van der Waals surface area contributed by atoms with Gasteiger partial charge in [-0.15, -0.1) is 22.6 Å². The van der Waals surface area contributed by atoms with Crippen molar-refractivity contribution in [3.05, 3.63) is 95.2 Å². The van der Waals surface area contributed by atoms with Crippen LogP contribution in [0, 0.1) is 17.8 Å². The number of allylic oxidation sites excluding steroid dienone is 1. The van der Waals surface area contributed by atoms with Crippen LogP contribution in [0.1, 0.15) is 70.9 Å². The number of benzene rings is 2. The number of aryl methyl sites for hydroxylation is 2. The predicted octanol–water partition coefficient (Wildman–Crippen LogP) is 7.20. The molecule has 5 rings (SSSR count). The number of methoxy groups -OCH3 is 2. The highest BCUT2D eigenvalue weighted by Gasteiger charge is 2.37. The molecule has 5 atom stereocenters. The Bertz CT molecular complexity index is 1900. The summed E-state index contributed by atoms with van der Waals surface area (Å²) in [7, 11) is 1.14. The second-order valence-electron chi connectivity index (χ2n) is 13.7. The van der Waals surface area contributed by atoms with E-state index in [1.54, 1.807) is 38.4 Å². The van der Waals surface area contributed by atoms with Crippen LogP contribution in [-0.4, -0.2) is 65.0 Å². The SMILES string of the molecule is C=CC[C@H](C)C[S@](=O)(=NC(=O)c1ccc2c(c1)N(C[C@@H]1CC[C@H]1[C@H](C=C)OC)Cc1ccc(Cl)cc1CCCCO2)NC(=O)c1cn(C)nc1OC. The third-order valence-corrected chi connectivity index (χ3v) is 12.0. The van der Waals surface area contributed by atoms with Crippen molar-refractivity contribution in [1.82, 2.24) is 14.5 Å². The van der Waals surface area contributed by atoms with Crippen molar-refractivity contribution in [1.29, 1.82) is 0 Å². The minimum absolute atomic E-state index is 0.0605. The lowest BCUT2D eigenvalue weighted by atomic mass is 9.70. The number of anilines is 1. The molecule has 0 radical (unpaired) electrons. The highest BCUT2D eigenvalue weighted by molar-refractivity contribution is 7.92. The minimum atomic E-state index is -3.61. The van der Waals surface area contributed by atoms with E-state index < -0.39 is 21.7 Å². The quantitative estimate of drug-likeness (QED) is 0.182. The Labute approximate surface area is 312 Å². The Morgan fingerprint density at radius 2 is 1.98 bits per heavy atom. The van der Waals surface area contributed by atoms with Crippen LogP contribution < -0.4 is 19.1 Å². The van der Waals surface area contributed by atoms with E-state index in [0.717, 1.165) is 43.4 Å². The van der Waals surface area contributed by atoms with Gasteiger partial charge in [-0.2, -0.15) is 0 Å². The normalized spacial score (nSPS) is 19.5. The number of ether oxygens (including phenoxy) is 3. The maximum atomic E-state index is 14.4. The topological polar surface area (TPSA) is 124 Å². The van der Waals surface area contributed by atoms with E-state index in [1.165, 1.54) is 23.6 Å². The molecule has 11 nitrogen and oxygen atoms in total. The first-order valence-corrected chi connectivity index (χ1v) is 19.8. The van der Waals surface area contributed by atoms with Gasteiger partial charge in [0, 0.05) is 44.0 Å². The Balaban J connectivity index is 1.56. The molecule has 280 valence electrons. The van der Waals surface area contributed by atoms with Gasteiger partial charge in [-0.1, -0.05) is 36.7 Å². The summed E-state index contributed by atoms with van der Waals surface area (Å²) in [6.45, 7) is 11.4. The average molecular weight is 752 g/mol. The van der Waals surface area contributed by atoms with E-state index in [-0.39, 0.29) is 34.8 Å². The van der Waals surface area contributed by atoms with E-state index in [1.807, 2.05) is 25.1 Å². The molecule has 0 saturated heterocycles. The second kappa shape index (κ2) is 17.6. The van der Waals surface area contributed by atoms with E-state index in [0.29, 0.717) is 48.7 Å². The van der Waals surface area contributed by atoms with Crippen LogP contribution in [0.25, 0.3) is 0 Å². The molecule has 0 unspecified atom stereocenters. The molecule has 1 N–H and O–H groups in total. The number of rotatable bonds is 13. The van der Waals surface area contributed by atoms with Crippen molar-refractivity contribution in [2.75, 3.05) is 38.0 Å². The molecule has 2 aromatic carbocycles. The fourth-order valence-electron chi connectivity index (χ4n) is 7.04. The van der Waals surface area contributed by atoms with Crippen LogP contribution in [0.2, 0.25) is 5.02 Å². The molecule has 1 aliphatic carbocycles. The van der Waals surface area contributed by atoms with Gasteiger partial charge in [-0.25, -0.2) is 4.21 Å². The van der Waals surface area contributed by atoms with Gasteiger partial charge in [0.1, 0.15) is 21.2 Å². The first-order valence-electron chi connectivity index (χ1n) is 17.7. The molecule has 0 bridgehead atoms. The van der Waals surface area contributed by atoms with Gasteiger partial charge in [-0.05, 0) is 97.7 Å². The lowest BCUT2D eigenvalue weighted by Crippen LogP contribution is -2.43. The lowest BCUT2D eigenvalue weighted by Gasteiger charge is -2.43. The number of nitrogens with one attached hydrogen (secondary N) is 1. The number of aromatic nitrogens is 2. The second-order valence-corrected chi connectivity index (χ2v) is 16.1. The smallest absolute Gasteiger partial charge is 0.286 e. The Kier molecular flexibility index (Phi) is 13.2. The van der Waals surface area contributed by atoms with Gasteiger partial charge in [0.05, 0.1) is 31.3 Å². The summed E-state index contributed by atoms with van der Waals surface area (Å²) in [6, 6.07) is 11.2. The monoisotopic (exact) mass is 751 g/mol. The zero-order chi connectivity index (χ0) is 37.4. The molecule has 0 spiro atoms. The molecule has 1 fully saturated rings. The summed E-state index contributed by atoms with van der Waals surface area (Å²) in [5, 5.41) is 4.82. The lowest BCUT2D eigenvalue weighted by molar-refractivity contribution is 0.0137. The van der Waals surface area contributed by atoms with E-state index in [2.05, 4.69) is 38.3 Å². The van der Waals surface area contributed by atoms with Gasteiger partial charge in [0.25, 0.3) is 11.8 Å². The van der Waals surface area contributed by atoms with Crippen molar-refractivity contribution in [2.45, 2.75) is 58.1 Å². The molecule has 2 aliphatic rings.